The maximum Gasteiger partial charge on any atom is -0.0261 e. The van der Waals surface area contributed by atoms with Gasteiger partial charge in [-0.15, -0.1) is 0 Å². The summed E-state index contributed by atoms with van der Waals surface area (Å²) in [4.78, 5) is 1.56. The molecule has 0 saturated carbocycles. The average Bonchev–Trinajstić information content (AvgIpc) is 1.69. The molecule has 0 aliphatic rings. The van der Waals surface area contributed by atoms with Crippen molar-refractivity contribution in [1.82, 2.24) is 0 Å². The summed E-state index contributed by atoms with van der Waals surface area (Å²) < 4.78 is 0. The Hall–Kier alpha value is -0.0400. The van der Waals surface area contributed by atoms with Crippen LogP contribution >= 0.6 is 15.9 Å². The highest BCUT2D eigenvalue weighted by Crippen LogP contribution is 1.82. The quantitative estimate of drug-likeness (QED) is 0.496. The maximum absolute atomic E-state index is 3.28. The molecule has 0 N–H and O–H groups in total. The normalized spacial score (nSPS) is 6.00. The summed E-state index contributed by atoms with van der Waals surface area (Å²) in [6.07, 6.45) is 2.08. The Morgan fingerprint density at radius 1 is 1.50 bits per heavy atom. The standard InChI is InChI=1S/C5H10.C2H3Br/c1-4-5(2)3;1-2-3/h4H,1-3H3;2H,1H2. The molecule has 0 saturated heterocycles. The third-order valence-electron chi connectivity index (χ3n) is 0.577. The zero-order valence-electron chi connectivity index (χ0n) is 5.74. The zero-order chi connectivity index (χ0) is 6.99. The topological polar surface area (TPSA) is 0 Å². The highest BCUT2D eigenvalue weighted by Gasteiger charge is 1.60. The van der Waals surface area contributed by atoms with E-state index in [0.717, 1.165) is 0 Å². The van der Waals surface area contributed by atoms with Crippen LogP contribution in [0, 0.1) is 0 Å². The molecule has 0 aliphatic heterocycles. The van der Waals surface area contributed by atoms with E-state index in [1.807, 2.05) is 6.92 Å². The molecule has 0 unspecified atom stereocenters. The molecular formula is C7H13Br. The lowest BCUT2D eigenvalue weighted by Gasteiger charge is -1.74. The van der Waals surface area contributed by atoms with E-state index in [1.165, 1.54) is 5.57 Å². The van der Waals surface area contributed by atoms with Crippen LogP contribution < -0.4 is 0 Å². The monoisotopic (exact) mass is 176 g/mol. The maximum atomic E-state index is 3.28. The van der Waals surface area contributed by atoms with Gasteiger partial charge in [0.25, 0.3) is 0 Å². The van der Waals surface area contributed by atoms with Crippen LogP contribution in [-0.4, -0.2) is 0 Å². The van der Waals surface area contributed by atoms with Crippen molar-refractivity contribution in [2.24, 2.45) is 0 Å². The summed E-state index contributed by atoms with van der Waals surface area (Å²) in [6, 6.07) is 0. The Kier molecular flexibility index (Phi) is 13.6. The average molecular weight is 177 g/mol. The first kappa shape index (κ1) is 10.9. The Morgan fingerprint density at radius 3 is 1.62 bits per heavy atom. The molecule has 0 nitrogen and oxygen atoms in total. The van der Waals surface area contributed by atoms with Gasteiger partial charge in [-0.3, -0.25) is 0 Å². The Labute approximate surface area is 60.4 Å². The van der Waals surface area contributed by atoms with Crippen LogP contribution in [0.1, 0.15) is 20.8 Å². The van der Waals surface area contributed by atoms with E-state index >= 15 is 0 Å². The second kappa shape index (κ2) is 10.0. The van der Waals surface area contributed by atoms with Gasteiger partial charge in [-0.1, -0.05) is 34.2 Å². The van der Waals surface area contributed by atoms with Crippen molar-refractivity contribution in [3.05, 3.63) is 23.2 Å². The summed E-state index contributed by atoms with van der Waals surface area (Å²) in [5.74, 6) is 0. The molecular weight excluding hydrogens is 164 g/mol. The first-order chi connectivity index (χ1) is 3.68. The number of hydrogen-bond acceptors (Lipinski definition) is 0. The first-order valence-corrected chi connectivity index (χ1v) is 3.41. The molecule has 0 fully saturated rings. The lowest BCUT2D eigenvalue weighted by Crippen LogP contribution is -1.52. The van der Waals surface area contributed by atoms with Crippen molar-refractivity contribution in [3.63, 3.8) is 0 Å². The highest BCUT2D eigenvalue weighted by atomic mass is 79.9. The van der Waals surface area contributed by atoms with Crippen molar-refractivity contribution in [2.75, 3.05) is 0 Å². The fraction of sp³-hybridized carbons (Fsp3) is 0.429. The molecule has 0 aromatic carbocycles. The third kappa shape index (κ3) is 38.2. The molecule has 0 aliphatic carbocycles. The summed E-state index contributed by atoms with van der Waals surface area (Å²) in [5.41, 5.74) is 1.38. The van der Waals surface area contributed by atoms with E-state index < -0.39 is 0 Å². The van der Waals surface area contributed by atoms with E-state index in [-0.39, 0.29) is 0 Å². The number of hydrogen-bond donors (Lipinski definition) is 0. The molecule has 0 aromatic rings. The third-order valence-corrected chi connectivity index (χ3v) is 0.577. The molecule has 0 bridgehead atoms. The number of rotatable bonds is 0. The van der Waals surface area contributed by atoms with Crippen molar-refractivity contribution in [1.29, 1.82) is 0 Å². The van der Waals surface area contributed by atoms with Crippen LogP contribution in [0.5, 0.6) is 0 Å². The predicted molar refractivity (Wildman–Crippen MR) is 44.2 cm³/mol. The second-order valence-corrected chi connectivity index (χ2v) is 2.17. The fourth-order valence-electron chi connectivity index (χ4n) is 0. The lowest BCUT2D eigenvalue weighted by atomic mass is 10.3. The molecule has 0 rings (SSSR count). The summed E-state index contributed by atoms with van der Waals surface area (Å²) >= 11 is 2.91. The summed E-state index contributed by atoms with van der Waals surface area (Å²) in [5, 5.41) is 0. The zero-order valence-corrected chi connectivity index (χ0v) is 7.33. The van der Waals surface area contributed by atoms with Crippen LogP contribution in [0.2, 0.25) is 0 Å². The lowest BCUT2D eigenvalue weighted by molar-refractivity contribution is 1.36. The molecule has 1 heteroatoms. The van der Waals surface area contributed by atoms with Crippen LogP contribution in [0.4, 0.5) is 0 Å². The van der Waals surface area contributed by atoms with Gasteiger partial charge in [-0.05, 0) is 25.8 Å². The van der Waals surface area contributed by atoms with Crippen molar-refractivity contribution in [2.45, 2.75) is 20.8 Å². The van der Waals surface area contributed by atoms with Crippen LogP contribution in [-0.2, 0) is 0 Å². The van der Waals surface area contributed by atoms with Gasteiger partial charge in [0.15, 0.2) is 0 Å². The smallest absolute Gasteiger partial charge is 0.0261 e. The molecule has 0 radical (unpaired) electrons. The van der Waals surface area contributed by atoms with Crippen molar-refractivity contribution < 1.29 is 0 Å². The van der Waals surface area contributed by atoms with E-state index in [1.54, 1.807) is 4.99 Å². The van der Waals surface area contributed by atoms with E-state index in [9.17, 15) is 0 Å². The van der Waals surface area contributed by atoms with Crippen LogP contribution in [0.3, 0.4) is 0 Å². The molecule has 0 heterocycles. The van der Waals surface area contributed by atoms with Crippen molar-refractivity contribution in [3.8, 4) is 0 Å². The van der Waals surface area contributed by atoms with Crippen LogP contribution in [0.25, 0.3) is 0 Å². The van der Waals surface area contributed by atoms with Gasteiger partial charge in [-0.2, -0.15) is 0 Å². The predicted octanol–water partition coefficient (Wildman–Crippen LogP) is 3.50. The Morgan fingerprint density at radius 2 is 1.62 bits per heavy atom. The van der Waals surface area contributed by atoms with Gasteiger partial charge < -0.3 is 0 Å². The van der Waals surface area contributed by atoms with E-state index in [4.69, 9.17) is 0 Å². The molecule has 8 heavy (non-hydrogen) atoms. The largest absolute Gasteiger partial charge is 0.0921 e. The van der Waals surface area contributed by atoms with E-state index in [2.05, 4.69) is 42.4 Å². The minimum Gasteiger partial charge on any atom is -0.0921 e. The first-order valence-electron chi connectivity index (χ1n) is 2.49. The molecule has 0 aromatic heterocycles. The molecule has 0 atom stereocenters. The minimum absolute atomic E-state index is 1.38. The highest BCUT2D eigenvalue weighted by molar-refractivity contribution is 9.11. The second-order valence-electron chi connectivity index (χ2n) is 1.52. The fourth-order valence-corrected chi connectivity index (χ4v) is 0. The Balaban J connectivity index is 0. The van der Waals surface area contributed by atoms with Gasteiger partial charge in [0.2, 0.25) is 0 Å². The van der Waals surface area contributed by atoms with Gasteiger partial charge in [0, 0.05) is 0 Å². The SMILES string of the molecule is C=CBr.CC=C(C)C. The van der Waals surface area contributed by atoms with Crippen LogP contribution in [0.15, 0.2) is 23.2 Å². The van der Waals surface area contributed by atoms with Gasteiger partial charge >= 0.3 is 0 Å². The molecule has 0 amide bonds. The van der Waals surface area contributed by atoms with E-state index in [0.29, 0.717) is 0 Å². The summed E-state index contributed by atoms with van der Waals surface area (Å²) in [6.45, 7) is 9.48. The van der Waals surface area contributed by atoms with Gasteiger partial charge in [-0.25, -0.2) is 0 Å². The van der Waals surface area contributed by atoms with Gasteiger partial charge in [0.05, 0.1) is 0 Å². The molecule has 48 valence electrons. The van der Waals surface area contributed by atoms with Crippen molar-refractivity contribution >= 4 is 15.9 Å². The number of allylic oxidation sites excluding steroid dienone is 2. The molecule has 0 spiro atoms. The van der Waals surface area contributed by atoms with Gasteiger partial charge in [0.1, 0.15) is 0 Å². The Bertz CT molecular complexity index is 68.5. The number of halogens is 1. The minimum atomic E-state index is 1.38. The summed E-state index contributed by atoms with van der Waals surface area (Å²) in [7, 11) is 0.